The molecule has 2 heterocycles. The number of rotatable bonds is 7. The van der Waals surface area contributed by atoms with Crippen LogP contribution in [-0.2, 0) is 13.6 Å². The Morgan fingerprint density at radius 3 is 2.32 bits per heavy atom. The molecule has 1 aromatic heterocycles. The Labute approximate surface area is 181 Å². The van der Waals surface area contributed by atoms with Crippen LogP contribution in [0.15, 0.2) is 41.5 Å². The Morgan fingerprint density at radius 1 is 1.07 bits per heavy atom. The molecule has 8 nitrogen and oxygen atoms in total. The molecule has 2 amide bonds. The van der Waals surface area contributed by atoms with Crippen molar-refractivity contribution >= 4 is 41.8 Å². The first-order chi connectivity index (χ1) is 13.1. The lowest BCUT2D eigenvalue weighted by molar-refractivity contribution is 0.0652. The molecule has 0 saturated carbocycles. The lowest BCUT2D eigenvalue weighted by Crippen LogP contribution is -2.38. The van der Waals surface area contributed by atoms with Crippen molar-refractivity contribution in [1.82, 2.24) is 25.3 Å². The normalized spacial score (nSPS) is 13.4. The number of imide groups is 1. The highest BCUT2D eigenvalue weighted by molar-refractivity contribution is 14.0. The second kappa shape index (κ2) is 10.2. The largest absolute Gasteiger partial charge is 0.356 e. The van der Waals surface area contributed by atoms with Crippen LogP contribution in [-0.4, -0.2) is 52.6 Å². The second-order valence-electron chi connectivity index (χ2n) is 6.31. The molecule has 9 heteroatoms. The monoisotopic (exact) mass is 496 g/mol. The van der Waals surface area contributed by atoms with Crippen LogP contribution in [0.4, 0.5) is 0 Å². The summed E-state index contributed by atoms with van der Waals surface area (Å²) in [5.41, 5.74) is 2.06. The van der Waals surface area contributed by atoms with Gasteiger partial charge in [-0.2, -0.15) is 5.10 Å². The molecule has 1 aromatic carbocycles. The molecule has 0 fully saturated rings. The van der Waals surface area contributed by atoms with Gasteiger partial charge in [0.25, 0.3) is 11.8 Å². The van der Waals surface area contributed by atoms with Crippen molar-refractivity contribution in [3.05, 3.63) is 53.3 Å². The SMILES string of the molecule is CN=C(NCCCCN1C(=O)c2ccccc2C1=O)NCc1ccnn1C.I. The Bertz CT molecular complexity index is 829. The predicted molar refractivity (Wildman–Crippen MR) is 118 cm³/mol. The average Bonchev–Trinajstić information content (AvgIpc) is 3.20. The van der Waals surface area contributed by atoms with Crippen molar-refractivity contribution in [2.75, 3.05) is 20.1 Å². The van der Waals surface area contributed by atoms with Crippen molar-refractivity contribution in [3.8, 4) is 0 Å². The van der Waals surface area contributed by atoms with Gasteiger partial charge in [-0.25, -0.2) is 0 Å². The molecule has 0 spiro atoms. The van der Waals surface area contributed by atoms with Crippen LogP contribution in [0.25, 0.3) is 0 Å². The van der Waals surface area contributed by atoms with Crippen LogP contribution in [0.5, 0.6) is 0 Å². The van der Waals surface area contributed by atoms with E-state index in [1.54, 1.807) is 37.5 Å². The minimum absolute atomic E-state index is 0. The number of amides is 2. The van der Waals surface area contributed by atoms with E-state index in [1.807, 2.05) is 17.8 Å². The molecule has 1 aliphatic heterocycles. The number of halogens is 1. The fraction of sp³-hybridized carbons (Fsp3) is 0.368. The molecule has 1 aliphatic rings. The number of aromatic nitrogens is 2. The maximum atomic E-state index is 12.3. The fourth-order valence-electron chi connectivity index (χ4n) is 3.01. The van der Waals surface area contributed by atoms with Gasteiger partial charge in [-0.05, 0) is 31.0 Å². The number of hydrogen-bond acceptors (Lipinski definition) is 4. The molecule has 3 rings (SSSR count). The molecule has 150 valence electrons. The molecular formula is C19H25IN6O2. The first-order valence-electron chi connectivity index (χ1n) is 8.98. The van der Waals surface area contributed by atoms with Crippen LogP contribution in [0.2, 0.25) is 0 Å². The fourth-order valence-corrected chi connectivity index (χ4v) is 3.01. The number of carbonyl (C=O) groups excluding carboxylic acids is 2. The van der Waals surface area contributed by atoms with Crippen LogP contribution < -0.4 is 10.6 Å². The highest BCUT2D eigenvalue weighted by Gasteiger charge is 2.34. The Balaban J connectivity index is 0.00000280. The first kappa shape index (κ1) is 21.9. The van der Waals surface area contributed by atoms with Gasteiger partial charge in [0.05, 0.1) is 23.4 Å². The zero-order valence-corrected chi connectivity index (χ0v) is 18.3. The van der Waals surface area contributed by atoms with E-state index in [0.717, 1.165) is 18.5 Å². The Kier molecular flexibility index (Phi) is 7.97. The van der Waals surface area contributed by atoms with Gasteiger partial charge < -0.3 is 10.6 Å². The summed E-state index contributed by atoms with van der Waals surface area (Å²) in [5.74, 6) is 0.311. The molecule has 0 aliphatic carbocycles. The molecule has 28 heavy (non-hydrogen) atoms. The van der Waals surface area contributed by atoms with E-state index in [4.69, 9.17) is 0 Å². The second-order valence-corrected chi connectivity index (χ2v) is 6.31. The summed E-state index contributed by atoms with van der Waals surface area (Å²) in [6, 6.07) is 8.91. The average molecular weight is 496 g/mol. The number of guanidine groups is 1. The number of nitrogens with zero attached hydrogens (tertiary/aromatic N) is 4. The number of aliphatic imine (C=N–C) groups is 1. The van der Waals surface area contributed by atoms with Crippen LogP contribution >= 0.6 is 24.0 Å². The number of unbranched alkanes of at least 4 members (excludes halogenated alkanes) is 1. The summed E-state index contributed by atoms with van der Waals surface area (Å²) >= 11 is 0. The summed E-state index contributed by atoms with van der Waals surface area (Å²) in [6.45, 7) is 1.76. The van der Waals surface area contributed by atoms with Crippen molar-refractivity contribution in [2.24, 2.45) is 12.0 Å². The van der Waals surface area contributed by atoms with Gasteiger partial charge in [0.15, 0.2) is 5.96 Å². The molecule has 2 N–H and O–H groups in total. The zero-order chi connectivity index (χ0) is 19.2. The van der Waals surface area contributed by atoms with E-state index in [1.165, 1.54) is 4.90 Å². The van der Waals surface area contributed by atoms with Crippen LogP contribution in [0, 0.1) is 0 Å². The minimum Gasteiger partial charge on any atom is -0.356 e. The maximum absolute atomic E-state index is 12.3. The summed E-state index contributed by atoms with van der Waals surface area (Å²) in [7, 11) is 3.61. The number of nitrogens with one attached hydrogen (secondary N) is 2. The first-order valence-corrected chi connectivity index (χ1v) is 8.98. The topological polar surface area (TPSA) is 91.6 Å². The third-order valence-corrected chi connectivity index (χ3v) is 4.56. The summed E-state index contributed by atoms with van der Waals surface area (Å²) in [5, 5.41) is 10.6. The molecule has 0 unspecified atom stereocenters. The molecule has 0 radical (unpaired) electrons. The molecule has 2 aromatic rings. The van der Waals surface area contributed by atoms with Crippen molar-refractivity contribution in [3.63, 3.8) is 0 Å². The van der Waals surface area contributed by atoms with E-state index in [-0.39, 0.29) is 35.8 Å². The third kappa shape index (κ3) is 4.89. The number of hydrogen-bond donors (Lipinski definition) is 2. The molecular weight excluding hydrogens is 471 g/mol. The van der Waals surface area contributed by atoms with Crippen LogP contribution in [0.3, 0.4) is 0 Å². The Hall–Kier alpha value is -2.43. The van der Waals surface area contributed by atoms with Crippen molar-refractivity contribution in [2.45, 2.75) is 19.4 Å². The van der Waals surface area contributed by atoms with E-state index in [0.29, 0.717) is 36.7 Å². The van der Waals surface area contributed by atoms with E-state index < -0.39 is 0 Å². The number of fused-ring (bicyclic) bond motifs is 1. The lowest BCUT2D eigenvalue weighted by Gasteiger charge is -2.15. The quantitative estimate of drug-likeness (QED) is 0.201. The number of benzene rings is 1. The highest BCUT2D eigenvalue weighted by atomic mass is 127. The van der Waals surface area contributed by atoms with Gasteiger partial charge in [0.2, 0.25) is 0 Å². The minimum atomic E-state index is -0.197. The standard InChI is InChI=1S/C19H24N6O2.HI/c1-20-19(22-13-14-9-11-23-24(14)2)21-10-5-6-12-25-17(26)15-7-3-4-8-16(15)18(25)27;/h3-4,7-9,11H,5-6,10,12-13H2,1-2H3,(H2,20,21,22);1H. The van der Waals surface area contributed by atoms with E-state index >= 15 is 0 Å². The number of carbonyl (C=O) groups is 2. The van der Waals surface area contributed by atoms with Gasteiger partial charge >= 0.3 is 0 Å². The van der Waals surface area contributed by atoms with Gasteiger partial charge in [-0.15, -0.1) is 24.0 Å². The maximum Gasteiger partial charge on any atom is 0.261 e. The zero-order valence-electron chi connectivity index (χ0n) is 16.0. The number of aryl methyl sites for hydroxylation is 1. The predicted octanol–water partition coefficient (Wildman–Crippen LogP) is 1.78. The smallest absolute Gasteiger partial charge is 0.261 e. The van der Waals surface area contributed by atoms with Gasteiger partial charge in [0, 0.05) is 33.4 Å². The van der Waals surface area contributed by atoms with Crippen molar-refractivity contribution in [1.29, 1.82) is 0 Å². The third-order valence-electron chi connectivity index (χ3n) is 4.56. The highest BCUT2D eigenvalue weighted by Crippen LogP contribution is 2.22. The molecule has 0 saturated heterocycles. The Morgan fingerprint density at radius 2 is 1.75 bits per heavy atom. The molecule has 0 bridgehead atoms. The van der Waals surface area contributed by atoms with Gasteiger partial charge in [-0.3, -0.25) is 24.2 Å². The van der Waals surface area contributed by atoms with E-state index in [2.05, 4.69) is 20.7 Å². The summed E-state index contributed by atoms with van der Waals surface area (Å²) < 4.78 is 1.81. The van der Waals surface area contributed by atoms with Crippen LogP contribution in [0.1, 0.15) is 39.3 Å². The molecule has 0 atom stereocenters. The van der Waals surface area contributed by atoms with Gasteiger partial charge in [-0.1, -0.05) is 12.1 Å². The summed E-state index contributed by atoms with van der Waals surface area (Å²) in [4.78, 5) is 30.1. The van der Waals surface area contributed by atoms with Crippen molar-refractivity contribution < 1.29 is 9.59 Å². The summed E-state index contributed by atoms with van der Waals surface area (Å²) in [6.07, 6.45) is 3.31. The van der Waals surface area contributed by atoms with E-state index in [9.17, 15) is 9.59 Å². The van der Waals surface area contributed by atoms with Gasteiger partial charge in [0.1, 0.15) is 0 Å². The lowest BCUT2D eigenvalue weighted by atomic mass is 10.1.